The van der Waals surface area contributed by atoms with E-state index < -0.39 is 12.1 Å². The summed E-state index contributed by atoms with van der Waals surface area (Å²) in [6.45, 7) is 11.6. The standard InChI is InChI=1S/C37H46N6O5/c1-26-12-10-13-27(2)34(26)48-37(44)43(28(3)29-14-8-7-9-15-29)33-16-17-38-36(40-33)39-30-24-31(45-5)35(46-6)32(25-30)47-23-11-18-42-21-19-41(4)20-22-42/h7-10,12-17,24-25,28H,11,18-23H2,1-6H3,(H,38,39,40)/t28-/m1/s1. The van der Waals surface area contributed by atoms with E-state index in [4.69, 9.17) is 23.9 Å². The molecule has 0 saturated carbocycles. The van der Waals surface area contributed by atoms with Gasteiger partial charge in [-0.15, -0.1) is 0 Å². The van der Waals surface area contributed by atoms with Crippen LogP contribution >= 0.6 is 0 Å². The van der Waals surface area contributed by atoms with Crippen molar-refractivity contribution in [3.63, 3.8) is 0 Å². The highest BCUT2D eigenvalue weighted by atomic mass is 16.6. The Bertz CT molecular complexity index is 1640. The zero-order chi connectivity index (χ0) is 34.0. The Morgan fingerprint density at radius 2 is 1.62 bits per heavy atom. The number of carbonyl (C=O) groups excluding carboxylic acids is 1. The molecule has 254 valence electrons. The van der Waals surface area contributed by atoms with Crippen LogP contribution in [0.4, 0.5) is 22.2 Å². The van der Waals surface area contributed by atoms with Crippen molar-refractivity contribution in [2.45, 2.75) is 33.2 Å². The molecule has 1 aromatic heterocycles. The number of hydrogen-bond donors (Lipinski definition) is 1. The van der Waals surface area contributed by atoms with Gasteiger partial charge in [0.25, 0.3) is 0 Å². The smallest absolute Gasteiger partial charge is 0.421 e. The maximum absolute atomic E-state index is 13.9. The minimum absolute atomic E-state index is 0.283. The second-order valence-electron chi connectivity index (χ2n) is 12.0. The summed E-state index contributed by atoms with van der Waals surface area (Å²) in [4.78, 5) is 29.5. The fourth-order valence-corrected chi connectivity index (χ4v) is 5.75. The van der Waals surface area contributed by atoms with Gasteiger partial charge < -0.3 is 34.1 Å². The van der Waals surface area contributed by atoms with E-state index >= 15 is 0 Å². The number of aryl methyl sites for hydroxylation is 2. The number of amides is 1. The zero-order valence-corrected chi connectivity index (χ0v) is 28.7. The molecule has 5 rings (SSSR count). The number of carbonyl (C=O) groups is 1. The molecule has 1 fully saturated rings. The largest absolute Gasteiger partial charge is 0.493 e. The van der Waals surface area contributed by atoms with Gasteiger partial charge in [-0.25, -0.2) is 9.78 Å². The number of nitrogens with zero attached hydrogens (tertiary/aromatic N) is 5. The highest BCUT2D eigenvalue weighted by Gasteiger charge is 2.28. The second kappa shape index (κ2) is 16.3. The molecule has 48 heavy (non-hydrogen) atoms. The summed E-state index contributed by atoms with van der Waals surface area (Å²) in [5, 5.41) is 3.27. The van der Waals surface area contributed by atoms with Crippen LogP contribution in [0.15, 0.2) is 72.9 Å². The fraction of sp³-hybridized carbons (Fsp3) is 0.378. The summed E-state index contributed by atoms with van der Waals surface area (Å²) in [5.41, 5.74) is 3.30. The highest BCUT2D eigenvalue weighted by Crippen LogP contribution is 2.41. The van der Waals surface area contributed by atoms with Crippen LogP contribution in [0.2, 0.25) is 0 Å². The Labute approximate surface area is 283 Å². The average Bonchev–Trinajstić information content (AvgIpc) is 3.09. The number of aromatic nitrogens is 2. The molecule has 1 atom stereocenters. The molecule has 0 bridgehead atoms. The Kier molecular flexibility index (Phi) is 11.7. The molecule has 0 aliphatic carbocycles. The predicted octanol–water partition coefficient (Wildman–Crippen LogP) is 6.64. The van der Waals surface area contributed by atoms with Crippen LogP contribution in [0.1, 0.15) is 36.1 Å². The lowest BCUT2D eigenvalue weighted by Crippen LogP contribution is -2.44. The number of anilines is 3. The molecule has 0 spiro atoms. The van der Waals surface area contributed by atoms with Crippen molar-refractivity contribution in [2.24, 2.45) is 0 Å². The fourth-order valence-electron chi connectivity index (χ4n) is 5.75. The van der Waals surface area contributed by atoms with Crippen LogP contribution in [0.25, 0.3) is 0 Å². The Morgan fingerprint density at radius 3 is 2.31 bits per heavy atom. The summed E-state index contributed by atoms with van der Waals surface area (Å²) in [6.07, 6.45) is 1.94. The summed E-state index contributed by atoms with van der Waals surface area (Å²) in [7, 11) is 5.33. The van der Waals surface area contributed by atoms with Gasteiger partial charge in [-0.05, 0) is 57.0 Å². The molecule has 4 aromatic rings. The third kappa shape index (κ3) is 8.53. The Morgan fingerprint density at radius 1 is 0.917 bits per heavy atom. The number of rotatable bonds is 13. The van der Waals surface area contributed by atoms with Crippen molar-refractivity contribution < 1.29 is 23.7 Å². The molecular weight excluding hydrogens is 608 g/mol. The van der Waals surface area contributed by atoms with E-state index in [1.807, 2.05) is 75.4 Å². The molecule has 3 aromatic carbocycles. The lowest BCUT2D eigenvalue weighted by molar-refractivity contribution is 0.145. The van der Waals surface area contributed by atoms with Crippen molar-refractivity contribution in [1.82, 2.24) is 19.8 Å². The number of benzene rings is 3. The number of piperazine rings is 1. The molecule has 1 aliphatic rings. The summed E-state index contributed by atoms with van der Waals surface area (Å²) < 4.78 is 23.5. The van der Waals surface area contributed by atoms with Gasteiger partial charge in [0, 0.05) is 56.7 Å². The van der Waals surface area contributed by atoms with Gasteiger partial charge in [0.05, 0.1) is 26.9 Å². The molecule has 11 nitrogen and oxygen atoms in total. The van der Waals surface area contributed by atoms with Crippen LogP contribution in [0.5, 0.6) is 23.0 Å². The number of likely N-dealkylation sites (N-methyl/N-ethyl adjacent to an activating group) is 1. The van der Waals surface area contributed by atoms with E-state index in [0.717, 1.165) is 55.8 Å². The third-order valence-electron chi connectivity index (χ3n) is 8.52. The molecule has 1 amide bonds. The van der Waals surface area contributed by atoms with Crippen LogP contribution < -0.4 is 29.2 Å². The number of nitrogens with one attached hydrogen (secondary N) is 1. The Balaban J connectivity index is 1.37. The van der Waals surface area contributed by atoms with Gasteiger partial charge in [-0.2, -0.15) is 4.98 Å². The quantitative estimate of drug-likeness (QED) is 0.158. The van der Waals surface area contributed by atoms with Crippen molar-refractivity contribution in [1.29, 1.82) is 0 Å². The number of methoxy groups -OCH3 is 2. The normalized spacial score (nSPS) is 14.2. The van der Waals surface area contributed by atoms with E-state index in [1.54, 1.807) is 32.5 Å². The van der Waals surface area contributed by atoms with Crippen molar-refractivity contribution in [3.05, 3.63) is 89.6 Å². The first kappa shape index (κ1) is 34.5. The van der Waals surface area contributed by atoms with Crippen LogP contribution in [-0.4, -0.2) is 86.5 Å². The van der Waals surface area contributed by atoms with E-state index in [0.29, 0.717) is 41.1 Å². The van der Waals surface area contributed by atoms with E-state index in [-0.39, 0.29) is 5.95 Å². The van der Waals surface area contributed by atoms with Gasteiger partial charge in [0.15, 0.2) is 11.5 Å². The topological polar surface area (TPSA) is 102 Å². The SMILES string of the molecule is COc1cc(Nc2nccc(N(C(=O)Oc3c(C)cccc3C)[C@H](C)c3ccccc3)n2)cc(OCCCN2CCN(C)CC2)c1OC. The van der Waals surface area contributed by atoms with Crippen molar-refractivity contribution >= 4 is 23.5 Å². The van der Waals surface area contributed by atoms with Crippen molar-refractivity contribution in [2.75, 3.05) is 70.8 Å². The number of hydrogen-bond acceptors (Lipinski definition) is 10. The summed E-state index contributed by atoms with van der Waals surface area (Å²) >= 11 is 0. The van der Waals surface area contributed by atoms with Gasteiger partial charge >= 0.3 is 6.09 Å². The van der Waals surface area contributed by atoms with Gasteiger partial charge in [0.1, 0.15) is 11.6 Å². The maximum Gasteiger partial charge on any atom is 0.421 e. The molecule has 1 saturated heterocycles. The molecule has 0 unspecified atom stereocenters. The first-order valence-electron chi connectivity index (χ1n) is 16.3. The predicted molar refractivity (Wildman–Crippen MR) is 188 cm³/mol. The first-order chi connectivity index (χ1) is 23.3. The maximum atomic E-state index is 13.9. The lowest BCUT2D eigenvalue weighted by Gasteiger charge is -2.32. The number of para-hydroxylation sites is 1. The molecule has 0 radical (unpaired) electrons. The zero-order valence-electron chi connectivity index (χ0n) is 28.7. The lowest BCUT2D eigenvalue weighted by atomic mass is 10.1. The van der Waals surface area contributed by atoms with Gasteiger partial charge in [0.2, 0.25) is 11.7 Å². The summed E-state index contributed by atoms with van der Waals surface area (Å²) in [5.74, 6) is 2.75. The first-order valence-corrected chi connectivity index (χ1v) is 16.3. The van der Waals surface area contributed by atoms with E-state index in [2.05, 4.69) is 27.1 Å². The monoisotopic (exact) mass is 654 g/mol. The minimum atomic E-state index is -0.549. The molecular formula is C37H46N6O5. The van der Waals surface area contributed by atoms with Crippen molar-refractivity contribution in [3.8, 4) is 23.0 Å². The van der Waals surface area contributed by atoms with E-state index in [1.165, 1.54) is 4.90 Å². The molecule has 1 aliphatic heterocycles. The Hall–Kier alpha value is -4.87. The third-order valence-corrected chi connectivity index (χ3v) is 8.52. The van der Waals surface area contributed by atoms with Crippen LogP contribution in [0, 0.1) is 13.8 Å². The second-order valence-corrected chi connectivity index (χ2v) is 12.0. The van der Waals surface area contributed by atoms with Gasteiger partial charge in [-0.3, -0.25) is 4.90 Å². The summed E-state index contributed by atoms with van der Waals surface area (Å²) in [6, 6.07) is 20.5. The molecule has 2 heterocycles. The van der Waals surface area contributed by atoms with Gasteiger partial charge in [-0.1, -0.05) is 48.5 Å². The molecule has 11 heteroatoms. The highest BCUT2D eigenvalue weighted by molar-refractivity contribution is 5.89. The average molecular weight is 655 g/mol. The minimum Gasteiger partial charge on any atom is -0.493 e. The van der Waals surface area contributed by atoms with E-state index in [9.17, 15) is 4.79 Å². The van der Waals surface area contributed by atoms with Crippen LogP contribution in [0.3, 0.4) is 0 Å². The van der Waals surface area contributed by atoms with Crippen LogP contribution in [-0.2, 0) is 0 Å². The molecule has 1 N–H and O–H groups in total. The number of ether oxygens (including phenoxy) is 4.